The molecule has 0 bridgehead atoms. The molecular weight excluding hydrogens is 294 g/mol. The highest BCUT2D eigenvalue weighted by Crippen LogP contribution is 2.01. The number of nitrogens with zero attached hydrogens (tertiary/aromatic N) is 1. The maximum atomic E-state index is 11.7. The van der Waals surface area contributed by atoms with Crippen LogP contribution in [0.25, 0.3) is 0 Å². The number of carbonyl (C=O) groups is 2. The number of amides is 2. The molecule has 6 nitrogen and oxygen atoms in total. The van der Waals surface area contributed by atoms with Crippen molar-refractivity contribution >= 4 is 11.8 Å². The molecule has 2 N–H and O–H groups in total. The van der Waals surface area contributed by atoms with Crippen LogP contribution in [-0.2, 0) is 20.7 Å². The van der Waals surface area contributed by atoms with Crippen molar-refractivity contribution < 1.29 is 14.3 Å². The number of morpholine rings is 1. The molecule has 0 saturated carbocycles. The summed E-state index contributed by atoms with van der Waals surface area (Å²) in [6, 6.07) is 10.1. The van der Waals surface area contributed by atoms with E-state index >= 15 is 0 Å². The van der Waals surface area contributed by atoms with Gasteiger partial charge in [-0.25, -0.2) is 0 Å². The van der Waals surface area contributed by atoms with Crippen LogP contribution < -0.4 is 10.6 Å². The molecule has 0 radical (unpaired) electrons. The third-order valence-corrected chi connectivity index (χ3v) is 3.79. The van der Waals surface area contributed by atoms with Gasteiger partial charge in [-0.3, -0.25) is 14.5 Å². The van der Waals surface area contributed by atoms with Gasteiger partial charge in [-0.05, 0) is 18.4 Å². The maximum absolute atomic E-state index is 11.7. The van der Waals surface area contributed by atoms with Gasteiger partial charge in [0.05, 0.1) is 13.2 Å². The molecule has 1 aliphatic heterocycles. The van der Waals surface area contributed by atoms with E-state index < -0.39 is 11.8 Å². The van der Waals surface area contributed by atoms with Gasteiger partial charge in [0.1, 0.15) is 0 Å². The monoisotopic (exact) mass is 319 g/mol. The second-order valence-electron chi connectivity index (χ2n) is 5.55. The fourth-order valence-electron chi connectivity index (χ4n) is 2.45. The highest BCUT2D eigenvalue weighted by molar-refractivity contribution is 6.35. The first-order valence-corrected chi connectivity index (χ1v) is 8.16. The van der Waals surface area contributed by atoms with E-state index in [1.54, 1.807) is 0 Å². The number of rotatable bonds is 7. The minimum atomic E-state index is -0.557. The lowest BCUT2D eigenvalue weighted by molar-refractivity contribution is -0.139. The number of hydrogen-bond donors (Lipinski definition) is 2. The molecule has 1 aromatic carbocycles. The van der Waals surface area contributed by atoms with Gasteiger partial charge in [-0.1, -0.05) is 30.3 Å². The Bertz CT molecular complexity index is 487. The van der Waals surface area contributed by atoms with Crippen molar-refractivity contribution in [3.8, 4) is 0 Å². The topological polar surface area (TPSA) is 70.7 Å². The molecule has 6 heteroatoms. The van der Waals surface area contributed by atoms with Crippen LogP contribution in [-0.4, -0.2) is 62.7 Å². The van der Waals surface area contributed by atoms with E-state index in [1.807, 2.05) is 18.2 Å². The third kappa shape index (κ3) is 6.80. The van der Waals surface area contributed by atoms with E-state index in [0.29, 0.717) is 13.1 Å². The molecule has 2 amide bonds. The molecule has 0 spiro atoms. The Morgan fingerprint density at radius 1 is 1.00 bits per heavy atom. The van der Waals surface area contributed by atoms with Crippen molar-refractivity contribution in [2.24, 2.45) is 0 Å². The van der Waals surface area contributed by atoms with Gasteiger partial charge in [0, 0.05) is 32.7 Å². The fraction of sp³-hybridized carbons (Fsp3) is 0.529. The predicted octanol–water partition coefficient (Wildman–Crippen LogP) is 0.184. The van der Waals surface area contributed by atoms with E-state index in [9.17, 15) is 9.59 Å². The molecule has 126 valence electrons. The normalized spacial score (nSPS) is 15.1. The second kappa shape index (κ2) is 9.97. The van der Waals surface area contributed by atoms with Crippen molar-refractivity contribution in [1.29, 1.82) is 0 Å². The summed E-state index contributed by atoms with van der Waals surface area (Å²) in [5, 5.41) is 5.31. The minimum absolute atomic E-state index is 0.482. The number of benzene rings is 1. The van der Waals surface area contributed by atoms with Crippen LogP contribution in [0.5, 0.6) is 0 Å². The number of nitrogens with one attached hydrogen (secondary N) is 2. The molecule has 0 aliphatic carbocycles. The first-order valence-electron chi connectivity index (χ1n) is 8.16. The van der Waals surface area contributed by atoms with E-state index in [1.165, 1.54) is 5.56 Å². The van der Waals surface area contributed by atoms with Crippen molar-refractivity contribution in [2.45, 2.75) is 12.8 Å². The van der Waals surface area contributed by atoms with E-state index in [-0.39, 0.29) is 0 Å². The number of carbonyl (C=O) groups excluding carboxylic acids is 2. The average molecular weight is 319 g/mol. The Labute approximate surface area is 137 Å². The van der Waals surface area contributed by atoms with Crippen LogP contribution >= 0.6 is 0 Å². The van der Waals surface area contributed by atoms with Crippen LogP contribution in [0.3, 0.4) is 0 Å². The lowest BCUT2D eigenvalue weighted by Crippen LogP contribution is -2.45. The molecule has 0 unspecified atom stereocenters. The summed E-state index contributed by atoms with van der Waals surface area (Å²) in [6.45, 7) is 4.95. The average Bonchev–Trinajstić information content (AvgIpc) is 2.60. The predicted molar refractivity (Wildman–Crippen MR) is 88.0 cm³/mol. The van der Waals surface area contributed by atoms with Crippen LogP contribution in [0.1, 0.15) is 12.0 Å². The van der Waals surface area contributed by atoms with Gasteiger partial charge in [0.2, 0.25) is 0 Å². The van der Waals surface area contributed by atoms with Gasteiger partial charge >= 0.3 is 11.8 Å². The highest BCUT2D eigenvalue weighted by atomic mass is 16.5. The molecule has 1 aliphatic rings. The smallest absolute Gasteiger partial charge is 0.309 e. The van der Waals surface area contributed by atoms with E-state index in [2.05, 4.69) is 27.7 Å². The molecular formula is C17H25N3O3. The maximum Gasteiger partial charge on any atom is 0.309 e. The molecule has 1 aromatic rings. The van der Waals surface area contributed by atoms with Crippen molar-refractivity contribution in [3.63, 3.8) is 0 Å². The molecule has 1 fully saturated rings. The summed E-state index contributed by atoms with van der Waals surface area (Å²) in [7, 11) is 0. The highest BCUT2D eigenvalue weighted by Gasteiger charge is 2.14. The Kier molecular flexibility index (Phi) is 7.56. The molecule has 1 saturated heterocycles. The van der Waals surface area contributed by atoms with Crippen LogP contribution in [0.15, 0.2) is 30.3 Å². The number of hydrogen-bond acceptors (Lipinski definition) is 4. The van der Waals surface area contributed by atoms with Gasteiger partial charge < -0.3 is 15.4 Å². The summed E-state index contributed by atoms with van der Waals surface area (Å²) >= 11 is 0. The summed E-state index contributed by atoms with van der Waals surface area (Å²) in [5.41, 5.74) is 1.23. The zero-order valence-corrected chi connectivity index (χ0v) is 13.4. The van der Waals surface area contributed by atoms with Gasteiger partial charge in [-0.2, -0.15) is 0 Å². The molecule has 23 heavy (non-hydrogen) atoms. The fourth-order valence-corrected chi connectivity index (χ4v) is 2.45. The van der Waals surface area contributed by atoms with E-state index in [0.717, 1.165) is 45.7 Å². The molecule has 0 aromatic heterocycles. The summed E-state index contributed by atoms with van der Waals surface area (Å²) in [4.78, 5) is 25.6. The number of aryl methyl sites for hydroxylation is 1. The molecule has 2 rings (SSSR count). The lowest BCUT2D eigenvalue weighted by atomic mass is 10.1. The second-order valence-corrected chi connectivity index (χ2v) is 5.55. The van der Waals surface area contributed by atoms with Gasteiger partial charge in [-0.15, -0.1) is 0 Å². The summed E-state index contributed by atoms with van der Waals surface area (Å²) in [6.07, 6.45) is 1.70. The summed E-state index contributed by atoms with van der Waals surface area (Å²) in [5.74, 6) is -1.11. The number of ether oxygens (including phenoxy) is 1. The van der Waals surface area contributed by atoms with Crippen LogP contribution in [0, 0.1) is 0 Å². The van der Waals surface area contributed by atoms with Gasteiger partial charge in [0.25, 0.3) is 0 Å². The quantitative estimate of drug-likeness (QED) is 0.556. The third-order valence-electron chi connectivity index (χ3n) is 3.79. The van der Waals surface area contributed by atoms with E-state index in [4.69, 9.17) is 4.74 Å². The van der Waals surface area contributed by atoms with Crippen LogP contribution in [0.4, 0.5) is 0 Å². The molecule has 1 heterocycles. The zero-order valence-electron chi connectivity index (χ0n) is 13.4. The standard InChI is InChI=1S/C17H25N3O3/c21-16(18-8-4-7-15-5-2-1-3-6-15)17(22)19-9-10-20-11-13-23-14-12-20/h1-3,5-6H,4,7-14H2,(H,18,21)(H,19,22). The summed E-state index contributed by atoms with van der Waals surface area (Å²) < 4.78 is 5.26. The first kappa shape index (κ1) is 17.4. The Balaban J connectivity index is 1.53. The lowest BCUT2D eigenvalue weighted by Gasteiger charge is -2.26. The molecule has 0 atom stereocenters. The Morgan fingerprint density at radius 2 is 1.65 bits per heavy atom. The van der Waals surface area contributed by atoms with Crippen LogP contribution in [0.2, 0.25) is 0 Å². The Hall–Kier alpha value is -1.92. The zero-order chi connectivity index (χ0) is 16.3. The SMILES string of the molecule is O=C(NCCCc1ccccc1)C(=O)NCCN1CCOCC1. The largest absolute Gasteiger partial charge is 0.379 e. The minimum Gasteiger partial charge on any atom is -0.379 e. The van der Waals surface area contributed by atoms with Crippen molar-refractivity contribution in [1.82, 2.24) is 15.5 Å². The van der Waals surface area contributed by atoms with Crippen molar-refractivity contribution in [3.05, 3.63) is 35.9 Å². The van der Waals surface area contributed by atoms with Crippen molar-refractivity contribution in [2.75, 3.05) is 45.9 Å². The first-order chi connectivity index (χ1) is 11.3. The van der Waals surface area contributed by atoms with Gasteiger partial charge in [0.15, 0.2) is 0 Å². The Morgan fingerprint density at radius 3 is 2.35 bits per heavy atom.